The quantitative estimate of drug-likeness (QED) is 0.102. The number of hydrogen-bond donors (Lipinski definition) is 10. The zero-order valence-corrected chi connectivity index (χ0v) is 25.6. The highest BCUT2D eigenvalue weighted by Crippen LogP contribution is 2.32. The van der Waals surface area contributed by atoms with Gasteiger partial charge in [-0.1, -0.05) is 0 Å². The number of piperazine rings is 1. The molecule has 10 N–H and O–H groups in total. The molecule has 0 aromatic heterocycles. The molecule has 246 valence electrons. The van der Waals surface area contributed by atoms with Gasteiger partial charge >= 0.3 is 0 Å². The molecule has 0 bridgehead atoms. The molecular formula is C27H55N7O8. The molecule has 0 aromatic carbocycles. The van der Waals surface area contributed by atoms with Crippen LogP contribution in [0.3, 0.4) is 0 Å². The van der Waals surface area contributed by atoms with Crippen molar-refractivity contribution in [2.45, 2.75) is 98.4 Å². The Morgan fingerprint density at radius 3 is 1.88 bits per heavy atom. The highest BCUT2D eigenvalue weighted by Gasteiger charge is 2.51. The third-order valence-corrected chi connectivity index (χ3v) is 9.32. The Morgan fingerprint density at radius 2 is 1.31 bits per heavy atom. The SMILES string of the molecule is CNCC1OC(OC2C(NC)CC(NC)C(OC3OC(CN4CCNCC4)C(O)C(NC)C3O)C2O)C(NC)CC1O. The molecule has 15 heteroatoms. The van der Waals surface area contributed by atoms with Gasteiger partial charge in [-0.25, -0.2) is 0 Å². The van der Waals surface area contributed by atoms with Crippen LogP contribution in [-0.2, 0) is 18.9 Å². The van der Waals surface area contributed by atoms with E-state index in [0.717, 1.165) is 26.2 Å². The molecule has 0 radical (unpaired) electrons. The largest absolute Gasteiger partial charge is 0.390 e. The van der Waals surface area contributed by atoms with Crippen LogP contribution in [0.4, 0.5) is 0 Å². The lowest BCUT2D eigenvalue weighted by molar-refractivity contribution is -0.317. The minimum absolute atomic E-state index is 0.238. The lowest BCUT2D eigenvalue weighted by Crippen LogP contribution is -2.69. The van der Waals surface area contributed by atoms with Crippen LogP contribution >= 0.6 is 0 Å². The third-order valence-electron chi connectivity index (χ3n) is 9.32. The summed E-state index contributed by atoms with van der Waals surface area (Å²) in [7, 11) is 8.90. The van der Waals surface area contributed by atoms with Gasteiger partial charge < -0.3 is 71.3 Å². The van der Waals surface area contributed by atoms with E-state index in [0.29, 0.717) is 25.9 Å². The zero-order chi connectivity index (χ0) is 30.4. The molecule has 0 aromatic rings. The molecule has 4 rings (SSSR count). The van der Waals surface area contributed by atoms with E-state index in [1.165, 1.54) is 0 Å². The minimum atomic E-state index is -1.17. The van der Waals surface area contributed by atoms with Crippen molar-refractivity contribution < 1.29 is 39.4 Å². The second-order valence-electron chi connectivity index (χ2n) is 11.9. The summed E-state index contributed by atoms with van der Waals surface area (Å²) in [6.45, 7) is 4.34. The van der Waals surface area contributed by atoms with Gasteiger partial charge in [0.1, 0.15) is 30.5 Å². The van der Waals surface area contributed by atoms with E-state index < -0.39 is 67.5 Å². The summed E-state index contributed by atoms with van der Waals surface area (Å²) in [4.78, 5) is 2.22. The molecule has 4 aliphatic rings. The summed E-state index contributed by atoms with van der Waals surface area (Å²) in [5.74, 6) is 0. The average molecular weight is 606 g/mol. The van der Waals surface area contributed by atoms with Crippen molar-refractivity contribution in [3.8, 4) is 0 Å². The first-order chi connectivity index (χ1) is 20.3. The fraction of sp³-hybridized carbons (Fsp3) is 1.00. The number of rotatable bonds is 12. The van der Waals surface area contributed by atoms with Crippen molar-refractivity contribution in [2.24, 2.45) is 0 Å². The zero-order valence-electron chi connectivity index (χ0n) is 25.6. The second kappa shape index (κ2) is 16.1. The molecule has 1 saturated carbocycles. The molecule has 0 spiro atoms. The van der Waals surface area contributed by atoms with Crippen molar-refractivity contribution in [1.29, 1.82) is 0 Å². The van der Waals surface area contributed by atoms with Gasteiger partial charge in [-0.2, -0.15) is 0 Å². The average Bonchev–Trinajstić information content (AvgIpc) is 2.99. The molecule has 3 aliphatic heterocycles. The first kappa shape index (κ1) is 34.3. The topological polar surface area (TPSA) is 193 Å². The van der Waals surface area contributed by atoms with E-state index in [4.69, 9.17) is 18.9 Å². The van der Waals surface area contributed by atoms with E-state index >= 15 is 0 Å². The number of aliphatic hydroxyl groups is 4. The summed E-state index contributed by atoms with van der Waals surface area (Å²) in [6, 6.07) is -1.49. The van der Waals surface area contributed by atoms with Gasteiger partial charge in [0, 0.05) is 51.4 Å². The van der Waals surface area contributed by atoms with Gasteiger partial charge in [0.2, 0.25) is 0 Å². The number of hydrogen-bond acceptors (Lipinski definition) is 15. The Balaban J connectivity index is 1.51. The van der Waals surface area contributed by atoms with Crippen LogP contribution in [0, 0.1) is 0 Å². The van der Waals surface area contributed by atoms with Crippen LogP contribution in [-0.4, -0.2) is 185 Å². The summed E-state index contributed by atoms with van der Waals surface area (Å²) in [6.07, 6.45) is -7.29. The van der Waals surface area contributed by atoms with E-state index in [2.05, 4.69) is 36.8 Å². The normalized spacial score (nSPS) is 45.6. The maximum absolute atomic E-state index is 11.8. The predicted molar refractivity (Wildman–Crippen MR) is 155 cm³/mol. The Bertz CT molecular complexity index is 802. The maximum Gasteiger partial charge on any atom is 0.186 e. The molecule has 1 aliphatic carbocycles. The van der Waals surface area contributed by atoms with Gasteiger partial charge in [0.25, 0.3) is 0 Å². The van der Waals surface area contributed by atoms with Crippen molar-refractivity contribution in [1.82, 2.24) is 36.8 Å². The standard InChI is InChI=1S/C27H55N7O8/c1-28-12-18-17(35)11-16(31-4)26(39-18)41-24-14(29-2)10-15(30-3)25(23(24)38)42-27-22(37)20(32-5)21(36)19(40-27)13-34-8-6-33-7-9-34/h14-33,35-38H,6-13H2,1-5H3. The van der Waals surface area contributed by atoms with Crippen LogP contribution in [0.15, 0.2) is 0 Å². The Morgan fingerprint density at radius 1 is 0.714 bits per heavy atom. The van der Waals surface area contributed by atoms with E-state index in [9.17, 15) is 20.4 Å². The Hall–Kier alpha value is -0.600. The molecule has 14 unspecified atom stereocenters. The first-order valence-electron chi connectivity index (χ1n) is 15.4. The lowest BCUT2D eigenvalue weighted by Gasteiger charge is -2.50. The first-order valence-corrected chi connectivity index (χ1v) is 15.4. The van der Waals surface area contributed by atoms with Crippen molar-refractivity contribution >= 4 is 0 Å². The van der Waals surface area contributed by atoms with Crippen LogP contribution < -0.4 is 31.9 Å². The van der Waals surface area contributed by atoms with E-state index in [-0.39, 0.29) is 18.1 Å². The predicted octanol–water partition coefficient (Wildman–Crippen LogP) is -5.08. The number of nitrogens with one attached hydrogen (secondary N) is 6. The number of nitrogens with zero attached hydrogens (tertiary/aromatic N) is 1. The fourth-order valence-corrected chi connectivity index (χ4v) is 6.77. The van der Waals surface area contributed by atoms with E-state index in [1.54, 1.807) is 28.2 Å². The van der Waals surface area contributed by atoms with Gasteiger partial charge in [-0.05, 0) is 48.1 Å². The summed E-state index contributed by atoms with van der Waals surface area (Å²) in [5, 5.41) is 63.7. The van der Waals surface area contributed by atoms with Crippen LogP contribution in [0.25, 0.3) is 0 Å². The Labute approximate surface area is 249 Å². The maximum atomic E-state index is 11.8. The summed E-state index contributed by atoms with van der Waals surface area (Å²) in [5.41, 5.74) is 0. The van der Waals surface area contributed by atoms with Gasteiger partial charge in [0.05, 0.1) is 30.4 Å². The highest BCUT2D eigenvalue weighted by atomic mass is 16.7. The molecule has 3 heterocycles. The fourth-order valence-electron chi connectivity index (χ4n) is 6.77. The van der Waals surface area contributed by atoms with E-state index in [1.807, 2.05) is 7.05 Å². The number of ether oxygens (including phenoxy) is 4. The van der Waals surface area contributed by atoms with Crippen molar-refractivity contribution in [3.05, 3.63) is 0 Å². The molecule has 0 amide bonds. The Kier molecular flexibility index (Phi) is 13.1. The third kappa shape index (κ3) is 7.78. The molecule has 42 heavy (non-hydrogen) atoms. The second-order valence-corrected chi connectivity index (χ2v) is 11.9. The van der Waals surface area contributed by atoms with Crippen molar-refractivity contribution in [2.75, 3.05) is 74.5 Å². The number of likely N-dealkylation sites (N-methyl/N-ethyl adjacent to an activating group) is 5. The minimum Gasteiger partial charge on any atom is -0.390 e. The molecule has 14 atom stereocenters. The van der Waals surface area contributed by atoms with Gasteiger partial charge in [0.15, 0.2) is 12.6 Å². The van der Waals surface area contributed by atoms with Crippen LogP contribution in [0.5, 0.6) is 0 Å². The number of aliphatic hydroxyl groups excluding tert-OH is 4. The van der Waals surface area contributed by atoms with Crippen molar-refractivity contribution in [3.63, 3.8) is 0 Å². The monoisotopic (exact) mass is 605 g/mol. The molecule has 15 nitrogen and oxygen atoms in total. The lowest BCUT2D eigenvalue weighted by atomic mass is 9.83. The molecular weight excluding hydrogens is 550 g/mol. The summed E-state index contributed by atoms with van der Waals surface area (Å²) >= 11 is 0. The van der Waals surface area contributed by atoms with Crippen LogP contribution in [0.2, 0.25) is 0 Å². The van der Waals surface area contributed by atoms with Crippen LogP contribution in [0.1, 0.15) is 12.8 Å². The smallest absolute Gasteiger partial charge is 0.186 e. The summed E-state index contributed by atoms with van der Waals surface area (Å²) < 4.78 is 25.3. The van der Waals surface area contributed by atoms with Gasteiger partial charge in [-0.15, -0.1) is 0 Å². The molecule has 4 fully saturated rings. The highest BCUT2D eigenvalue weighted by molar-refractivity contribution is 5.03. The van der Waals surface area contributed by atoms with Gasteiger partial charge in [-0.3, -0.25) is 4.90 Å². The molecule has 3 saturated heterocycles.